The molecule has 1 fully saturated rings. The Labute approximate surface area is 148 Å². The molecule has 0 bridgehead atoms. The summed E-state index contributed by atoms with van der Waals surface area (Å²) in [5, 5.41) is 3.04. The van der Waals surface area contributed by atoms with E-state index in [0.717, 1.165) is 22.4 Å². The van der Waals surface area contributed by atoms with Gasteiger partial charge in [0.1, 0.15) is 0 Å². The minimum atomic E-state index is -0.307. The fourth-order valence-electron chi connectivity index (χ4n) is 3.28. The van der Waals surface area contributed by atoms with Crippen LogP contribution in [0.2, 0.25) is 0 Å². The lowest BCUT2D eigenvalue weighted by Crippen LogP contribution is -2.34. The van der Waals surface area contributed by atoms with Crippen molar-refractivity contribution in [2.75, 3.05) is 11.4 Å². The monoisotopic (exact) mass is 336 g/mol. The third-order valence-electron chi connectivity index (χ3n) is 4.81. The molecule has 2 atom stereocenters. The van der Waals surface area contributed by atoms with E-state index in [2.05, 4.69) is 5.32 Å². The maximum Gasteiger partial charge on any atom is 0.227 e. The van der Waals surface area contributed by atoms with E-state index < -0.39 is 0 Å². The predicted molar refractivity (Wildman–Crippen MR) is 99.4 cm³/mol. The number of rotatable bonds is 4. The van der Waals surface area contributed by atoms with Crippen molar-refractivity contribution in [1.82, 2.24) is 5.32 Å². The summed E-state index contributed by atoms with van der Waals surface area (Å²) >= 11 is 0. The Bertz CT molecular complexity index is 786. The average Bonchev–Trinajstić information content (AvgIpc) is 2.99. The Balaban J connectivity index is 1.69. The fraction of sp³-hybridized carbons (Fsp3) is 0.333. The summed E-state index contributed by atoms with van der Waals surface area (Å²) in [6.07, 6.45) is 0.265. The lowest BCUT2D eigenvalue weighted by molar-refractivity contribution is -0.126. The summed E-state index contributed by atoms with van der Waals surface area (Å²) in [6.45, 7) is 6.41. The second kappa shape index (κ2) is 7.09. The van der Waals surface area contributed by atoms with Crippen LogP contribution in [0.15, 0.2) is 48.5 Å². The van der Waals surface area contributed by atoms with Crippen LogP contribution in [-0.2, 0) is 9.59 Å². The Hall–Kier alpha value is -2.62. The SMILES string of the molecule is Cc1ccc(C)c(N2C[C@@H](C(=O)N[C@@H](C)c3ccccc3)CC2=O)c1. The summed E-state index contributed by atoms with van der Waals surface area (Å²) in [5.74, 6) is -0.350. The highest BCUT2D eigenvalue weighted by atomic mass is 16.2. The molecule has 130 valence electrons. The lowest BCUT2D eigenvalue weighted by Gasteiger charge is -2.20. The Morgan fingerprint density at radius 3 is 2.60 bits per heavy atom. The summed E-state index contributed by atoms with van der Waals surface area (Å²) in [4.78, 5) is 26.8. The van der Waals surface area contributed by atoms with Crippen LogP contribution < -0.4 is 10.2 Å². The van der Waals surface area contributed by atoms with Crippen LogP contribution >= 0.6 is 0 Å². The number of benzene rings is 2. The highest BCUT2D eigenvalue weighted by Crippen LogP contribution is 2.29. The normalized spacial score (nSPS) is 18.3. The molecular weight excluding hydrogens is 312 g/mol. The number of nitrogens with one attached hydrogen (secondary N) is 1. The van der Waals surface area contributed by atoms with Gasteiger partial charge in [-0.05, 0) is 43.5 Å². The summed E-state index contributed by atoms with van der Waals surface area (Å²) in [7, 11) is 0. The van der Waals surface area contributed by atoms with E-state index >= 15 is 0 Å². The van der Waals surface area contributed by atoms with Crippen LogP contribution in [0.4, 0.5) is 5.69 Å². The standard InChI is InChI=1S/C21H24N2O2/c1-14-9-10-15(2)19(11-14)23-13-18(12-20(23)24)21(25)22-16(3)17-7-5-4-6-8-17/h4-11,16,18H,12-13H2,1-3H3,(H,22,25)/t16-,18-/m0/s1. The Kier molecular flexibility index (Phi) is 4.88. The van der Waals surface area contributed by atoms with Crippen molar-refractivity contribution >= 4 is 17.5 Å². The largest absolute Gasteiger partial charge is 0.349 e. The van der Waals surface area contributed by atoms with Gasteiger partial charge in [0.15, 0.2) is 0 Å². The molecule has 4 heteroatoms. The number of hydrogen-bond donors (Lipinski definition) is 1. The molecule has 2 amide bonds. The van der Waals surface area contributed by atoms with E-state index in [1.54, 1.807) is 4.90 Å². The number of nitrogens with zero attached hydrogens (tertiary/aromatic N) is 1. The average molecular weight is 336 g/mol. The maximum absolute atomic E-state index is 12.6. The van der Waals surface area contributed by atoms with Gasteiger partial charge in [0, 0.05) is 18.7 Å². The van der Waals surface area contributed by atoms with E-state index in [1.165, 1.54) is 0 Å². The molecule has 4 nitrogen and oxygen atoms in total. The number of aryl methyl sites for hydroxylation is 2. The molecule has 0 unspecified atom stereocenters. The molecule has 0 radical (unpaired) electrons. The molecule has 0 spiro atoms. The van der Waals surface area contributed by atoms with Gasteiger partial charge in [-0.25, -0.2) is 0 Å². The molecule has 0 saturated carbocycles. The van der Waals surface area contributed by atoms with Crippen LogP contribution in [0.25, 0.3) is 0 Å². The molecule has 1 saturated heterocycles. The molecule has 1 heterocycles. The second-order valence-electron chi connectivity index (χ2n) is 6.84. The van der Waals surface area contributed by atoms with Crippen LogP contribution in [0.1, 0.15) is 36.1 Å². The van der Waals surface area contributed by atoms with E-state index in [-0.39, 0.29) is 30.2 Å². The first-order chi connectivity index (χ1) is 12.0. The number of carbonyl (C=O) groups is 2. The van der Waals surface area contributed by atoms with E-state index in [9.17, 15) is 9.59 Å². The quantitative estimate of drug-likeness (QED) is 0.928. The van der Waals surface area contributed by atoms with Gasteiger partial charge < -0.3 is 10.2 Å². The molecule has 2 aromatic rings. The minimum Gasteiger partial charge on any atom is -0.349 e. The molecule has 2 aromatic carbocycles. The van der Waals surface area contributed by atoms with Gasteiger partial charge in [-0.15, -0.1) is 0 Å². The Morgan fingerprint density at radius 2 is 1.88 bits per heavy atom. The van der Waals surface area contributed by atoms with E-state index in [1.807, 2.05) is 69.3 Å². The molecule has 25 heavy (non-hydrogen) atoms. The molecule has 1 N–H and O–H groups in total. The molecule has 3 rings (SSSR count). The zero-order valence-corrected chi connectivity index (χ0v) is 15.0. The first-order valence-electron chi connectivity index (χ1n) is 8.68. The van der Waals surface area contributed by atoms with Crippen molar-refractivity contribution in [1.29, 1.82) is 0 Å². The molecule has 1 aliphatic heterocycles. The smallest absolute Gasteiger partial charge is 0.227 e. The van der Waals surface area contributed by atoms with Crippen molar-refractivity contribution < 1.29 is 9.59 Å². The van der Waals surface area contributed by atoms with Crippen molar-refractivity contribution in [2.45, 2.75) is 33.2 Å². The first kappa shape index (κ1) is 17.2. The molecular formula is C21H24N2O2. The van der Waals surface area contributed by atoms with Crippen LogP contribution in [0, 0.1) is 19.8 Å². The van der Waals surface area contributed by atoms with Crippen LogP contribution in [0.3, 0.4) is 0 Å². The lowest BCUT2D eigenvalue weighted by atomic mass is 10.0. The van der Waals surface area contributed by atoms with Gasteiger partial charge >= 0.3 is 0 Å². The van der Waals surface area contributed by atoms with Gasteiger partial charge in [0.05, 0.1) is 12.0 Å². The molecule has 0 aliphatic carbocycles. The Morgan fingerprint density at radius 1 is 1.16 bits per heavy atom. The number of amides is 2. The van der Waals surface area contributed by atoms with Gasteiger partial charge in [0.25, 0.3) is 0 Å². The van der Waals surface area contributed by atoms with Crippen molar-refractivity contribution in [3.8, 4) is 0 Å². The van der Waals surface area contributed by atoms with Gasteiger partial charge in [-0.2, -0.15) is 0 Å². The second-order valence-corrected chi connectivity index (χ2v) is 6.84. The number of hydrogen-bond acceptors (Lipinski definition) is 2. The zero-order chi connectivity index (χ0) is 18.0. The third-order valence-corrected chi connectivity index (χ3v) is 4.81. The highest BCUT2D eigenvalue weighted by molar-refractivity contribution is 6.00. The molecule has 1 aliphatic rings. The summed E-state index contributed by atoms with van der Waals surface area (Å²) < 4.78 is 0. The number of carbonyl (C=O) groups excluding carboxylic acids is 2. The number of anilines is 1. The third kappa shape index (κ3) is 3.73. The minimum absolute atomic E-state index is 0.0150. The fourth-order valence-corrected chi connectivity index (χ4v) is 3.28. The zero-order valence-electron chi connectivity index (χ0n) is 15.0. The van der Waals surface area contributed by atoms with E-state index in [4.69, 9.17) is 0 Å². The van der Waals surface area contributed by atoms with Crippen molar-refractivity contribution in [3.05, 3.63) is 65.2 Å². The highest BCUT2D eigenvalue weighted by Gasteiger charge is 2.36. The van der Waals surface area contributed by atoms with Crippen molar-refractivity contribution in [2.24, 2.45) is 5.92 Å². The summed E-state index contributed by atoms with van der Waals surface area (Å²) in [5.41, 5.74) is 4.14. The van der Waals surface area contributed by atoms with Gasteiger partial charge in [0.2, 0.25) is 11.8 Å². The van der Waals surface area contributed by atoms with Crippen LogP contribution in [-0.4, -0.2) is 18.4 Å². The predicted octanol–water partition coefficient (Wildman–Crippen LogP) is 3.53. The topological polar surface area (TPSA) is 49.4 Å². The maximum atomic E-state index is 12.6. The van der Waals surface area contributed by atoms with Gasteiger partial charge in [-0.1, -0.05) is 42.5 Å². The first-order valence-corrected chi connectivity index (χ1v) is 8.68. The van der Waals surface area contributed by atoms with Gasteiger partial charge in [-0.3, -0.25) is 9.59 Å². The molecule has 0 aromatic heterocycles. The summed E-state index contributed by atoms with van der Waals surface area (Å²) in [6, 6.07) is 15.8. The van der Waals surface area contributed by atoms with Crippen molar-refractivity contribution in [3.63, 3.8) is 0 Å². The van der Waals surface area contributed by atoms with Crippen LogP contribution in [0.5, 0.6) is 0 Å². The van der Waals surface area contributed by atoms with E-state index in [0.29, 0.717) is 6.54 Å².